The van der Waals surface area contributed by atoms with Gasteiger partial charge in [0.15, 0.2) is 5.78 Å². The first-order chi connectivity index (χ1) is 14.0. The highest BCUT2D eigenvalue weighted by Crippen LogP contribution is 2.44. The van der Waals surface area contributed by atoms with Crippen molar-refractivity contribution in [3.8, 4) is 6.07 Å². The molecule has 4 rings (SSSR count). The van der Waals surface area contributed by atoms with Gasteiger partial charge in [-0.25, -0.2) is 5.01 Å². The first-order valence-corrected chi connectivity index (χ1v) is 9.92. The van der Waals surface area contributed by atoms with Crippen molar-refractivity contribution < 1.29 is 4.79 Å². The second-order valence-corrected chi connectivity index (χ2v) is 7.78. The summed E-state index contributed by atoms with van der Waals surface area (Å²) in [5.74, 6) is -0.0974. The molecular weight excluding hydrogens is 384 g/mol. The van der Waals surface area contributed by atoms with Gasteiger partial charge in [0.05, 0.1) is 23.2 Å². The second kappa shape index (κ2) is 7.65. The molecule has 2 aliphatic rings. The number of allylic oxidation sites excluding steroid dienone is 3. The first-order valence-electron chi connectivity index (χ1n) is 9.54. The Morgan fingerprint density at radius 1 is 1.14 bits per heavy atom. The molecule has 0 radical (unpaired) electrons. The third-order valence-corrected chi connectivity index (χ3v) is 5.66. The van der Waals surface area contributed by atoms with Gasteiger partial charge in [-0.05, 0) is 49.6 Å². The number of rotatable bonds is 3. The zero-order valence-corrected chi connectivity index (χ0v) is 16.8. The average Bonchev–Trinajstić information content (AvgIpc) is 2.72. The fourth-order valence-corrected chi connectivity index (χ4v) is 4.09. The number of carbonyl (C=O) groups excluding carboxylic acids is 1. The summed E-state index contributed by atoms with van der Waals surface area (Å²) in [7, 11) is 0. The molecule has 2 aromatic rings. The van der Waals surface area contributed by atoms with Crippen molar-refractivity contribution in [3.05, 3.63) is 87.3 Å². The lowest BCUT2D eigenvalue weighted by Gasteiger charge is -2.39. The lowest BCUT2D eigenvalue weighted by atomic mass is 9.76. The lowest BCUT2D eigenvalue weighted by Crippen LogP contribution is -2.41. The van der Waals surface area contributed by atoms with Crippen LogP contribution in [0.1, 0.15) is 36.3 Å². The van der Waals surface area contributed by atoms with E-state index < -0.39 is 5.92 Å². The molecule has 1 aliphatic heterocycles. The second-order valence-electron chi connectivity index (χ2n) is 7.35. The van der Waals surface area contributed by atoms with Crippen molar-refractivity contribution in [2.75, 3.05) is 5.43 Å². The van der Waals surface area contributed by atoms with Gasteiger partial charge in [0.25, 0.3) is 0 Å². The van der Waals surface area contributed by atoms with Gasteiger partial charge in [0.1, 0.15) is 5.82 Å². The Hall–Kier alpha value is -3.23. The van der Waals surface area contributed by atoms with Crippen LogP contribution in [0.2, 0.25) is 5.02 Å². The molecular formula is C23H21ClN4O. The Kier molecular flexibility index (Phi) is 5.04. The molecule has 6 heteroatoms. The Balaban J connectivity index is 1.84. The minimum atomic E-state index is -0.476. The number of anilines is 1. The fourth-order valence-electron chi connectivity index (χ4n) is 3.96. The quantitative estimate of drug-likeness (QED) is 0.769. The van der Waals surface area contributed by atoms with E-state index in [1.54, 1.807) is 17.1 Å². The van der Waals surface area contributed by atoms with E-state index in [4.69, 9.17) is 17.3 Å². The number of aryl methyl sites for hydroxylation is 1. The Morgan fingerprint density at radius 2 is 1.83 bits per heavy atom. The summed E-state index contributed by atoms with van der Waals surface area (Å²) in [5, 5.41) is 12.3. The maximum Gasteiger partial charge on any atom is 0.161 e. The van der Waals surface area contributed by atoms with Gasteiger partial charge in [-0.15, -0.1) is 0 Å². The minimum absolute atomic E-state index is 0.0576. The largest absolute Gasteiger partial charge is 0.383 e. The number of nitrogens with zero attached hydrogens (tertiary/aromatic N) is 2. The number of hydrazine groups is 1. The van der Waals surface area contributed by atoms with Gasteiger partial charge in [0, 0.05) is 22.7 Å². The zero-order chi connectivity index (χ0) is 20.5. The molecule has 0 bridgehead atoms. The summed E-state index contributed by atoms with van der Waals surface area (Å²) >= 11 is 6.04. The topological polar surface area (TPSA) is 82.2 Å². The molecule has 3 N–H and O–H groups in total. The highest BCUT2D eigenvalue weighted by molar-refractivity contribution is 6.30. The van der Waals surface area contributed by atoms with E-state index in [1.165, 1.54) is 0 Å². The van der Waals surface area contributed by atoms with Crippen LogP contribution in [0.3, 0.4) is 0 Å². The van der Waals surface area contributed by atoms with Crippen molar-refractivity contribution in [2.24, 2.45) is 5.73 Å². The smallest absolute Gasteiger partial charge is 0.161 e. The maximum absolute atomic E-state index is 13.0. The summed E-state index contributed by atoms with van der Waals surface area (Å²) in [6, 6.07) is 17.4. The number of Topliss-reactive ketones (excluding diaryl/α,β-unsaturated/α-hetero) is 1. The molecule has 0 saturated carbocycles. The van der Waals surface area contributed by atoms with Crippen LogP contribution in [-0.4, -0.2) is 10.8 Å². The molecule has 29 heavy (non-hydrogen) atoms. The van der Waals surface area contributed by atoms with E-state index in [1.807, 2.05) is 43.3 Å². The zero-order valence-electron chi connectivity index (χ0n) is 16.1. The first kappa shape index (κ1) is 19.1. The van der Waals surface area contributed by atoms with Gasteiger partial charge in [-0.3, -0.25) is 10.2 Å². The average molecular weight is 405 g/mol. The van der Waals surface area contributed by atoms with Crippen LogP contribution in [0.15, 0.2) is 71.2 Å². The molecule has 146 valence electrons. The van der Waals surface area contributed by atoms with Gasteiger partial charge >= 0.3 is 0 Å². The standard InChI is InChI=1S/C23H21ClN4O/c1-14-5-11-17(12-6-14)27-28-19-3-2-4-20(29)22(19)21(18(13-25)23(28)26)15-7-9-16(24)10-8-15/h5-12,21,27H,2-4,26H2,1H3. The number of hydrogen-bond acceptors (Lipinski definition) is 5. The normalized spacial score (nSPS) is 19.1. The van der Waals surface area contributed by atoms with Crippen LogP contribution in [0.4, 0.5) is 5.69 Å². The van der Waals surface area contributed by atoms with Crippen molar-refractivity contribution in [2.45, 2.75) is 32.1 Å². The molecule has 5 nitrogen and oxygen atoms in total. The number of nitrogens with two attached hydrogens (primary N) is 1. The number of benzene rings is 2. The highest BCUT2D eigenvalue weighted by atomic mass is 35.5. The molecule has 0 saturated heterocycles. The number of nitriles is 1. The monoisotopic (exact) mass is 404 g/mol. The SMILES string of the molecule is Cc1ccc(NN2C(N)=C(C#N)C(c3ccc(Cl)cc3)C3=C2CCCC3=O)cc1. The number of hydrogen-bond donors (Lipinski definition) is 2. The number of nitrogens with one attached hydrogen (secondary N) is 1. The number of carbonyl (C=O) groups is 1. The molecule has 0 fully saturated rings. The maximum atomic E-state index is 13.0. The van der Waals surface area contributed by atoms with E-state index in [-0.39, 0.29) is 5.78 Å². The molecule has 1 atom stereocenters. The fraction of sp³-hybridized carbons (Fsp3) is 0.217. The van der Waals surface area contributed by atoms with Gasteiger partial charge in [0.2, 0.25) is 0 Å². The van der Waals surface area contributed by atoms with Crippen LogP contribution in [-0.2, 0) is 4.79 Å². The number of halogens is 1. The predicted octanol–water partition coefficient (Wildman–Crippen LogP) is 4.78. The Bertz CT molecular complexity index is 1060. The highest BCUT2D eigenvalue weighted by Gasteiger charge is 2.40. The van der Waals surface area contributed by atoms with E-state index in [0.29, 0.717) is 34.8 Å². The summed E-state index contributed by atoms with van der Waals surface area (Å²) in [4.78, 5) is 13.0. The third kappa shape index (κ3) is 3.48. The van der Waals surface area contributed by atoms with Crippen molar-refractivity contribution in [1.29, 1.82) is 5.26 Å². The van der Waals surface area contributed by atoms with Gasteiger partial charge in [-0.1, -0.05) is 41.4 Å². The molecule has 0 aromatic heterocycles. The summed E-state index contributed by atoms with van der Waals surface area (Å²) in [6.45, 7) is 2.02. The van der Waals surface area contributed by atoms with Crippen LogP contribution in [0.25, 0.3) is 0 Å². The van der Waals surface area contributed by atoms with Crippen LogP contribution in [0, 0.1) is 18.3 Å². The van der Waals surface area contributed by atoms with Crippen molar-refractivity contribution >= 4 is 23.1 Å². The molecule has 2 aromatic carbocycles. The third-order valence-electron chi connectivity index (χ3n) is 5.41. The van der Waals surface area contributed by atoms with Crippen LogP contribution < -0.4 is 11.2 Å². The summed E-state index contributed by atoms with van der Waals surface area (Å²) < 4.78 is 0. The lowest BCUT2D eigenvalue weighted by molar-refractivity contribution is -0.116. The Morgan fingerprint density at radius 3 is 2.48 bits per heavy atom. The van der Waals surface area contributed by atoms with Crippen LogP contribution >= 0.6 is 11.6 Å². The number of ketones is 1. The minimum Gasteiger partial charge on any atom is -0.383 e. The van der Waals surface area contributed by atoms with E-state index in [2.05, 4.69) is 11.5 Å². The van der Waals surface area contributed by atoms with E-state index in [9.17, 15) is 10.1 Å². The molecule has 1 heterocycles. The molecule has 1 unspecified atom stereocenters. The Labute approximate surface area is 175 Å². The van der Waals surface area contributed by atoms with E-state index in [0.717, 1.165) is 28.9 Å². The molecule has 1 aliphatic carbocycles. The summed E-state index contributed by atoms with van der Waals surface area (Å²) in [6.07, 6.45) is 1.94. The van der Waals surface area contributed by atoms with E-state index >= 15 is 0 Å². The van der Waals surface area contributed by atoms with Gasteiger partial charge < -0.3 is 5.73 Å². The van der Waals surface area contributed by atoms with Crippen LogP contribution in [0.5, 0.6) is 0 Å². The molecule has 0 spiro atoms. The van der Waals surface area contributed by atoms with Crippen molar-refractivity contribution in [3.63, 3.8) is 0 Å². The summed E-state index contributed by atoms with van der Waals surface area (Å²) in [5.41, 5.74) is 14.4. The predicted molar refractivity (Wildman–Crippen MR) is 114 cm³/mol. The van der Waals surface area contributed by atoms with Gasteiger partial charge in [-0.2, -0.15) is 5.26 Å². The van der Waals surface area contributed by atoms with Crippen molar-refractivity contribution in [1.82, 2.24) is 5.01 Å². The molecule has 0 amide bonds.